The maximum atomic E-state index is 11.1. The van der Waals surface area contributed by atoms with Gasteiger partial charge in [-0.3, -0.25) is 4.79 Å². The molecule has 0 atom stereocenters. The first kappa shape index (κ1) is 9.50. The number of hydrogen-bond acceptors (Lipinski definition) is 2. The van der Waals surface area contributed by atoms with E-state index in [0.717, 1.165) is 25.9 Å². The van der Waals surface area contributed by atoms with E-state index in [0.29, 0.717) is 12.2 Å². The number of carbonyl (C=O) groups excluding carboxylic acids is 1. The van der Waals surface area contributed by atoms with Gasteiger partial charge in [0.1, 0.15) is 0 Å². The predicted molar refractivity (Wildman–Crippen MR) is 56.9 cm³/mol. The molecule has 2 nitrogen and oxygen atoms in total. The Morgan fingerprint density at radius 1 is 1.14 bits per heavy atom. The van der Waals surface area contributed by atoms with E-state index in [1.54, 1.807) is 0 Å². The molecular weight excluding hydrogens is 174 g/mol. The van der Waals surface area contributed by atoms with E-state index in [2.05, 4.69) is 18.7 Å². The molecule has 2 heteroatoms. The van der Waals surface area contributed by atoms with Gasteiger partial charge in [0.2, 0.25) is 0 Å². The summed E-state index contributed by atoms with van der Waals surface area (Å²) in [7, 11) is 0. The molecule has 0 amide bonds. The zero-order chi connectivity index (χ0) is 10.1. The summed E-state index contributed by atoms with van der Waals surface area (Å²) in [6, 6.07) is 0. The monoisotopic (exact) mass is 191 g/mol. The zero-order valence-corrected chi connectivity index (χ0v) is 8.97. The van der Waals surface area contributed by atoms with Gasteiger partial charge < -0.3 is 4.90 Å². The molecule has 2 aliphatic rings. The molecular formula is C12H17NO. The molecule has 0 spiro atoms. The SMILES string of the molecule is CC1=C(C)CN(C2=CC(=O)CC2)CC1. The van der Waals surface area contributed by atoms with Crippen molar-refractivity contribution in [2.75, 3.05) is 13.1 Å². The second-order valence-corrected chi connectivity index (χ2v) is 4.33. The summed E-state index contributed by atoms with van der Waals surface area (Å²) in [6.45, 7) is 6.51. The van der Waals surface area contributed by atoms with Crippen molar-refractivity contribution in [3.8, 4) is 0 Å². The molecule has 0 aromatic heterocycles. The average molecular weight is 191 g/mol. The quantitative estimate of drug-likeness (QED) is 0.593. The number of hydrogen-bond donors (Lipinski definition) is 0. The highest BCUT2D eigenvalue weighted by Crippen LogP contribution is 2.25. The molecule has 0 bridgehead atoms. The molecule has 0 aromatic carbocycles. The third kappa shape index (κ3) is 1.74. The van der Waals surface area contributed by atoms with E-state index in [1.165, 1.54) is 16.8 Å². The fraction of sp³-hybridized carbons (Fsp3) is 0.583. The number of ketones is 1. The number of nitrogens with zero attached hydrogens (tertiary/aromatic N) is 1. The lowest BCUT2D eigenvalue weighted by Crippen LogP contribution is -2.29. The molecule has 1 aliphatic heterocycles. The van der Waals surface area contributed by atoms with E-state index in [1.807, 2.05) is 6.08 Å². The molecule has 76 valence electrons. The third-order valence-electron chi connectivity index (χ3n) is 3.27. The number of allylic oxidation sites excluding steroid dienone is 2. The van der Waals surface area contributed by atoms with Gasteiger partial charge in [0.05, 0.1) is 0 Å². The Hall–Kier alpha value is -1.05. The van der Waals surface area contributed by atoms with Crippen LogP contribution in [-0.4, -0.2) is 23.8 Å². The molecule has 14 heavy (non-hydrogen) atoms. The molecule has 0 saturated carbocycles. The van der Waals surface area contributed by atoms with Crippen LogP contribution >= 0.6 is 0 Å². The largest absolute Gasteiger partial charge is 0.370 e. The van der Waals surface area contributed by atoms with Gasteiger partial charge in [-0.2, -0.15) is 0 Å². The van der Waals surface area contributed by atoms with Gasteiger partial charge in [-0.1, -0.05) is 11.1 Å². The first-order valence-electron chi connectivity index (χ1n) is 5.30. The fourth-order valence-corrected chi connectivity index (χ4v) is 2.09. The topological polar surface area (TPSA) is 20.3 Å². The molecule has 0 aromatic rings. The van der Waals surface area contributed by atoms with Crippen LogP contribution in [0.5, 0.6) is 0 Å². The Kier molecular flexibility index (Phi) is 2.44. The van der Waals surface area contributed by atoms with E-state index in [-0.39, 0.29) is 0 Å². The summed E-state index contributed by atoms with van der Waals surface area (Å²) in [6.07, 6.45) is 4.64. The van der Waals surface area contributed by atoms with Gasteiger partial charge in [0, 0.05) is 31.3 Å². The summed E-state index contributed by atoms with van der Waals surface area (Å²) in [5.74, 6) is 0.295. The third-order valence-corrected chi connectivity index (χ3v) is 3.27. The van der Waals surface area contributed by atoms with E-state index >= 15 is 0 Å². The Morgan fingerprint density at radius 3 is 2.50 bits per heavy atom. The lowest BCUT2D eigenvalue weighted by molar-refractivity contribution is -0.114. The van der Waals surface area contributed by atoms with Crippen molar-refractivity contribution in [3.63, 3.8) is 0 Å². The Morgan fingerprint density at radius 2 is 1.93 bits per heavy atom. The average Bonchev–Trinajstić information content (AvgIpc) is 2.57. The highest BCUT2D eigenvalue weighted by Gasteiger charge is 2.20. The van der Waals surface area contributed by atoms with Crippen molar-refractivity contribution in [2.24, 2.45) is 0 Å². The maximum absolute atomic E-state index is 11.1. The molecule has 2 rings (SSSR count). The van der Waals surface area contributed by atoms with Crippen LogP contribution in [0.15, 0.2) is 22.9 Å². The summed E-state index contributed by atoms with van der Waals surface area (Å²) in [5.41, 5.74) is 4.24. The molecule has 0 saturated heterocycles. The van der Waals surface area contributed by atoms with Crippen LogP contribution in [0.3, 0.4) is 0 Å². The molecule has 1 aliphatic carbocycles. The van der Waals surface area contributed by atoms with E-state index < -0.39 is 0 Å². The first-order valence-corrected chi connectivity index (χ1v) is 5.30. The predicted octanol–water partition coefficient (Wildman–Crippen LogP) is 2.28. The van der Waals surface area contributed by atoms with Gasteiger partial charge in [0.25, 0.3) is 0 Å². The Labute approximate surface area is 85.3 Å². The second-order valence-electron chi connectivity index (χ2n) is 4.33. The van der Waals surface area contributed by atoms with Gasteiger partial charge in [0.15, 0.2) is 5.78 Å². The molecule has 0 fully saturated rings. The van der Waals surface area contributed by atoms with Crippen LogP contribution in [0.25, 0.3) is 0 Å². The van der Waals surface area contributed by atoms with Gasteiger partial charge in [-0.15, -0.1) is 0 Å². The summed E-state index contributed by atoms with van der Waals surface area (Å²) in [5, 5.41) is 0. The maximum Gasteiger partial charge on any atom is 0.157 e. The molecule has 0 N–H and O–H groups in total. The Bertz CT molecular complexity index is 325. The lowest BCUT2D eigenvalue weighted by Gasteiger charge is -2.31. The summed E-state index contributed by atoms with van der Waals surface area (Å²) in [4.78, 5) is 13.5. The minimum absolute atomic E-state index is 0.295. The lowest BCUT2D eigenvalue weighted by atomic mass is 10.0. The van der Waals surface area contributed by atoms with Crippen LogP contribution in [0, 0.1) is 0 Å². The van der Waals surface area contributed by atoms with Crippen LogP contribution in [0.4, 0.5) is 0 Å². The van der Waals surface area contributed by atoms with Crippen molar-refractivity contribution < 1.29 is 4.79 Å². The van der Waals surface area contributed by atoms with E-state index in [4.69, 9.17) is 0 Å². The first-order chi connectivity index (χ1) is 6.66. The molecule has 1 heterocycles. The Balaban J connectivity index is 2.09. The van der Waals surface area contributed by atoms with E-state index in [9.17, 15) is 4.79 Å². The van der Waals surface area contributed by atoms with Crippen molar-refractivity contribution in [1.29, 1.82) is 0 Å². The van der Waals surface area contributed by atoms with Crippen molar-refractivity contribution >= 4 is 5.78 Å². The van der Waals surface area contributed by atoms with Crippen LogP contribution in [0.1, 0.15) is 33.1 Å². The standard InChI is InChI=1S/C12H17NO/c1-9-5-6-13(8-10(9)2)11-3-4-12(14)7-11/h7H,3-6,8H2,1-2H3. The second kappa shape index (κ2) is 3.60. The number of carbonyl (C=O) groups is 1. The van der Waals surface area contributed by atoms with Gasteiger partial charge >= 0.3 is 0 Å². The van der Waals surface area contributed by atoms with Crippen molar-refractivity contribution in [1.82, 2.24) is 4.90 Å². The fourth-order valence-electron chi connectivity index (χ4n) is 2.09. The normalized spacial score (nSPS) is 23.1. The van der Waals surface area contributed by atoms with Gasteiger partial charge in [-0.25, -0.2) is 0 Å². The van der Waals surface area contributed by atoms with Gasteiger partial charge in [-0.05, 0) is 26.7 Å². The van der Waals surface area contributed by atoms with Crippen molar-refractivity contribution in [2.45, 2.75) is 33.1 Å². The highest BCUT2D eigenvalue weighted by molar-refractivity contribution is 5.92. The smallest absolute Gasteiger partial charge is 0.157 e. The summed E-state index contributed by atoms with van der Waals surface area (Å²) < 4.78 is 0. The van der Waals surface area contributed by atoms with Crippen LogP contribution in [-0.2, 0) is 4.79 Å². The molecule has 0 radical (unpaired) electrons. The summed E-state index contributed by atoms with van der Waals surface area (Å²) >= 11 is 0. The number of rotatable bonds is 1. The molecule has 0 unspecified atom stereocenters. The van der Waals surface area contributed by atoms with Crippen LogP contribution in [0.2, 0.25) is 0 Å². The van der Waals surface area contributed by atoms with Crippen molar-refractivity contribution in [3.05, 3.63) is 22.9 Å². The van der Waals surface area contributed by atoms with Crippen LogP contribution < -0.4 is 0 Å². The zero-order valence-electron chi connectivity index (χ0n) is 8.97. The minimum atomic E-state index is 0.295. The minimum Gasteiger partial charge on any atom is -0.370 e. The highest BCUT2D eigenvalue weighted by atomic mass is 16.1.